The third-order valence-corrected chi connectivity index (χ3v) is 4.92. The molecule has 164 valence electrons. The summed E-state index contributed by atoms with van der Waals surface area (Å²) >= 11 is 0. The first-order valence-corrected chi connectivity index (χ1v) is 10.0. The van der Waals surface area contributed by atoms with Gasteiger partial charge in [0.05, 0.1) is 12.1 Å². The van der Waals surface area contributed by atoms with Gasteiger partial charge >= 0.3 is 7.12 Å². The van der Waals surface area contributed by atoms with Crippen LogP contribution in [0.3, 0.4) is 0 Å². The molecule has 2 aromatic carbocycles. The van der Waals surface area contributed by atoms with E-state index in [1.165, 1.54) is 0 Å². The summed E-state index contributed by atoms with van der Waals surface area (Å²) in [6, 6.07) is 12.9. The van der Waals surface area contributed by atoms with E-state index in [-0.39, 0.29) is 0 Å². The Morgan fingerprint density at radius 2 is 1.91 bits per heavy atom. The van der Waals surface area contributed by atoms with E-state index in [4.69, 9.17) is 4.74 Å². The molecule has 0 radical (unpaired) electrons. The van der Waals surface area contributed by atoms with Crippen LogP contribution in [0.2, 0.25) is 0 Å². The average molecular weight is 433 g/mol. The molecule has 4 rings (SSSR count). The number of hydrogen-bond donors (Lipinski definition) is 4. The largest absolute Gasteiger partial charge is 0.488 e. The van der Waals surface area contributed by atoms with Crippen LogP contribution in [0.25, 0.3) is 22.4 Å². The number of rotatable bonds is 8. The molecule has 4 N–H and O–H groups in total. The first-order chi connectivity index (χ1) is 15.5. The molecule has 0 unspecified atom stereocenters. The molecule has 32 heavy (non-hydrogen) atoms. The van der Waals surface area contributed by atoms with Crippen molar-refractivity contribution < 1.29 is 14.8 Å². The third-order valence-electron chi connectivity index (χ3n) is 4.92. The molecule has 0 spiro atoms. The normalized spacial score (nSPS) is 11.0. The molecular weight excluding hydrogens is 409 g/mol. The number of nitrogens with zero attached hydrogens (tertiary/aromatic N) is 5. The summed E-state index contributed by atoms with van der Waals surface area (Å²) in [5.74, 6) is 1.35. The van der Waals surface area contributed by atoms with E-state index < -0.39 is 7.12 Å². The van der Waals surface area contributed by atoms with Gasteiger partial charge in [0.15, 0.2) is 5.82 Å². The zero-order valence-corrected chi connectivity index (χ0v) is 18.1. The van der Waals surface area contributed by atoms with Crippen molar-refractivity contribution in [2.24, 2.45) is 0 Å². The second kappa shape index (κ2) is 9.31. The summed E-state index contributed by atoms with van der Waals surface area (Å²) in [6.07, 6.45) is 0. The predicted octanol–water partition coefficient (Wildman–Crippen LogP) is 0.919. The van der Waals surface area contributed by atoms with E-state index in [9.17, 15) is 10.0 Å². The van der Waals surface area contributed by atoms with E-state index in [1.54, 1.807) is 30.2 Å². The molecule has 0 atom stereocenters. The molecule has 2 aromatic heterocycles. The fourth-order valence-electron chi connectivity index (χ4n) is 3.34. The van der Waals surface area contributed by atoms with Crippen molar-refractivity contribution in [2.45, 2.75) is 13.2 Å². The predicted molar refractivity (Wildman–Crippen MR) is 124 cm³/mol. The monoisotopic (exact) mass is 433 g/mol. The van der Waals surface area contributed by atoms with Gasteiger partial charge in [-0.05, 0) is 11.0 Å². The zero-order chi connectivity index (χ0) is 22.7. The number of ether oxygens (including phenoxy) is 1. The topological polar surface area (TPSA) is 132 Å². The molecular formula is C21H24BN7O3. The fourth-order valence-corrected chi connectivity index (χ4v) is 3.34. The summed E-state index contributed by atoms with van der Waals surface area (Å²) in [4.78, 5) is 15.5. The second-order valence-corrected chi connectivity index (χ2v) is 7.49. The van der Waals surface area contributed by atoms with Crippen LogP contribution in [-0.4, -0.2) is 63.5 Å². The fraction of sp³-hybridized carbons (Fsp3) is 0.238. The Morgan fingerprint density at radius 3 is 2.66 bits per heavy atom. The van der Waals surface area contributed by atoms with E-state index >= 15 is 0 Å². The van der Waals surface area contributed by atoms with Crippen LogP contribution in [0, 0.1) is 0 Å². The van der Waals surface area contributed by atoms with Crippen LogP contribution < -0.4 is 15.7 Å². The Labute approximate surface area is 185 Å². The van der Waals surface area contributed by atoms with E-state index in [0.29, 0.717) is 42.0 Å². The lowest BCUT2D eigenvalue weighted by molar-refractivity contribution is 0.186. The number of aromatic nitrogens is 5. The van der Waals surface area contributed by atoms with Gasteiger partial charge in [-0.2, -0.15) is 20.1 Å². The van der Waals surface area contributed by atoms with Gasteiger partial charge in [-0.3, -0.25) is 5.10 Å². The number of H-pyrrole nitrogens is 1. The van der Waals surface area contributed by atoms with Crippen LogP contribution >= 0.6 is 0 Å². The van der Waals surface area contributed by atoms with Crippen LogP contribution in [0.4, 0.5) is 11.9 Å². The van der Waals surface area contributed by atoms with Crippen molar-refractivity contribution in [3.05, 3.63) is 53.6 Å². The Morgan fingerprint density at radius 1 is 1.09 bits per heavy atom. The van der Waals surface area contributed by atoms with Crippen LogP contribution in [-0.2, 0) is 17.9 Å². The maximum absolute atomic E-state index is 9.39. The highest BCUT2D eigenvalue weighted by Gasteiger charge is 2.17. The van der Waals surface area contributed by atoms with Crippen molar-refractivity contribution in [3.8, 4) is 11.5 Å². The minimum atomic E-state index is -1.52. The smallest absolute Gasteiger partial charge is 0.423 e. The molecule has 2 heterocycles. The van der Waals surface area contributed by atoms with E-state index in [2.05, 4.69) is 30.5 Å². The van der Waals surface area contributed by atoms with E-state index in [1.807, 2.05) is 38.4 Å². The lowest BCUT2D eigenvalue weighted by atomic mass is 9.80. The zero-order valence-electron chi connectivity index (χ0n) is 18.1. The quantitative estimate of drug-likeness (QED) is 0.300. The number of hydrogen-bond acceptors (Lipinski definition) is 9. The molecule has 0 fully saturated rings. The molecule has 0 aliphatic rings. The number of benzene rings is 2. The molecule has 4 aromatic rings. The molecule has 0 aliphatic heterocycles. The molecule has 10 nitrogen and oxygen atoms in total. The number of fused-ring (bicyclic) bond motifs is 1. The van der Waals surface area contributed by atoms with Gasteiger partial charge in [-0.25, -0.2) is 0 Å². The lowest BCUT2D eigenvalue weighted by Crippen LogP contribution is -2.30. The number of methoxy groups -OCH3 is 1. The Hall–Kier alpha value is -3.54. The van der Waals surface area contributed by atoms with Gasteiger partial charge < -0.3 is 25.0 Å². The highest BCUT2D eigenvalue weighted by atomic mass is 16.5. The minimum absolute atomic E-state index is 0.393. The number of para-hydroxylation sites is 1. The van der Waals surface area contributed by atoms with Crippen LogP contribution in [0.1, 0.15) is 11.1 Å². The summed E-state index contributed by atoms with van der Waals surface area (Å²) in [7, 11) is 3.85. The molecule has 11 heteroatoms. The molecule has 0 bridgehead atoms. The third kappa shape index (κ3) is 4.54. The lowest BCUT2D eigenvalue weighted by Gasteiger charge is -2.13. The number of nitrogens with one attached hydrogen (secondary N) is 2. The highest BCUT2D eigenvalue weighted by molar-refractivity contribution is 6.58. The molecule has 0 saturated heterocycles. The Kier molecular flexibility index (Phi) is 6.31. The van der Waals surface area contributed by atoms with Crippen LogP contribution in [0.15, 0.2) is 42.5 Å². The Bertz CT molecular complexity index is 1230. The van der Waals surface area contributed by atoms with Crippen molar-refractivity contribution in [1.29, 1.82) is 0 Å². The van der Waals surface area contributed by atoms with E-state index in [0.717, 1.165) is 22.0 Å². The van der Waals surface area contributed by atoms with Gasteiger partial charge in [0.1, 0.15) is 5.69 Å². The minimum Gasteiger partial charge on any atom is -0.423 e. The SMILES string of the molecule is COCc1cccc2c(-c3nc(NCc4cccc(B(O)O)c4)nc(N(C)C)n3)[nH]nc12. The number of aromatic amines is 1. The van der Waals surface area contributed by atoms with Gasteiger partial charge in [-0.15, -0.1) is 0 Å². The first-order valence-electron chi connectivity index (χ1n) is 10.0. The summed E-state index contributed by atoms with van der Waals surface area (Å²) in [5.41, 5.74) is 3.76. The molecule has 0 amide bonds. The summed E-state index contributed by atoms with van der Waals surface area (Å²) in [6.45, 7) is 0.856. The maximum atomic E-state index is 9.39. The van der Waals surface area contributed by atoms with Crippen LogP contribution in [0.5, 0.6) is 0 Å². The van der Waals surface area contributed by atoms with Crippen molar-refractivity contribution >= 4 is 35.4 Å². The highest BCUT2D eigenvalue weighted by Crippen LogP contribution is 2.27. The molecule has 0 aliphatic carbocycles. The summed E-state index contributed by atoms with van der Waals surface area (Å²) in [5, 5.41) is 30.4. The summed E-state index contributed by atoms with van der Waals surface area (Å²) < 4.78 is 5.27. The van der Waals surface area contributed by atoms with Gasteiger partial charge in [-0.1, -0.05) is 42.5 Å². The van der Waals surface area contributed by atoms with Gasteiger partial charge in [0.2, 0.25) is 11.9 Å². The average Bonchev–Trinajstić information content (AvgIpc) is 3.23. The van der Waals surface area contributed by atoms with Crippen molar-refractivity contribution in [2.75, 3.05) is 31.4 Å². The second-order valence-electron chi connectivity index (χ2n) is 7.49. The van der Waals surface area contributed by atoms with Gasteiger partial charge in [0, 0.05) is 38.7 Å². The maximum Gasteiger partial charge on any atom is 0.488 e. The standard InChI is InChI=1S/C21H24BN7O3/c1-29(2)21-25-19(18-16-9-5-7-14(12-32-3)17(16)27-28-18)24-20(26-21)23-11-13-6-4-8-15(10-13)22(30)31/h4-10,30-31H,11-12H2,1-3H3,(H,27,28)(H,23,24,25,26). The Balaban J connectivity index is 1.68. The van der Waals surface area contributed by atoms with Gasteiger partial charge in [0.25, 0.3) is 0 Å². The molecule has 0 saturated carbocycles. The number of anilines is 2. The van der Waals surface area contributed by atoms with Crippen molar-refractivity contribution in [1.82, 2.24) is 25.1 Å². The first kappa shape index (κ1) is 21.7. The van der Waals surface area contributed by atoms with Crippen molar-refractivity contribution in [3.63, 3.8) is 0 Å².